The minimum Gasteiger partial charge on any atom is -0.488 e. The van der Waals surface area contributed by atoms with E-state index in [1.165, 1.54) is 0 Å². The highest BCUT2D eigenvalue weighted by Crippen LogP contribution is 2.34. The molecule has 3 aromatic carbocycles. The van der Waals surface area contributed by atoms with E-state index in [4.69, 9.17) is 9.15 Å². The molecule has 1 aromatic heterocycles. The topological polar surface area (TPSA) is 35.3 Å². The molecule has 1 heterocycles. The van der Waals surface area contributed by atoms with E-state index in [-0.39, 0.29) is 0 Å². The lowest BCUT2D eigenvalue weighted by atomic mass is 10.2. The summed E-state index contributed by atoms with van der Waals surface area (Å²) in [5.74, 6) is 1.30. The third kappa shape index (κ3) is 3.05. The van der Waals surface area contributed by atoms with E-state index in [9.17, 15) is 0 Å². The first kappa shape index (κ1) is 15.0. The first-order chi connectivity index (χ1) is 11.8. The molecule has 0 fully saturated rings. The number of hydrogen-bond acceptors (Lipinski definition) is 3. The number of aromatic nitrogens is 1. The van der Waals surface area contributed by atoms with Crippen LogP contribution in [0.5, 0.6) is 5.75 Å². The Labute approximate surface area is 148 Å². The third-order valence-electron chi connectivity index (χ3n) is 3.70. The fraction of sp³-hybridized carbons (Fsp3) is 0.0500. The number of rotatable bonds is 4. The van der Waals surface area contributed by atoms with Gasteiger partial charge in [0, 0.05) is 4.47 Å². The summed E-state index contributed by atoms with van der Waals surface area (Å²) in [6.45, 7) is 0.496. The number of benzene rings is 3. The van der Waals surface area contributed by atoms with Gasteiger partial charge in [0.1, 0.15) is 17.9 Å². The van der Waals surface area contributed by atoms with Crippen LogP contribution in [0.4, 0.5) is 0 Å². The van der Waals surface area contributed by atoms with E-state index < -0.39 is 0 Å². The summed E-state index contributed by atoms with van der Waals surface area (Å²) in [5, 5.41) is 0. The molecular formula is C20H14BrNO2. The molecule has 4 aromatic rings. The molecule has 0 radical (unpaired) electrons. The number of fused-ring (bicyclic) bond motifs is 1. The zero-order chi connectivity index (χ0) is 16.4. The lowest BCUT2D eigenvalue weighted by Gasteiger charge is -2.10. The van der Waals surface area contributed by atoms with Crippen LogP contribution in [0.25, 0.3) is 22.6 Å². The van der Waals surface area contributed by atoms with E-state index in [0.717, 1.165) is 32.4 Å². The molecule has 0 saturated heterocycles. The predicted octanol–water partition coefficient (Wildman–Crippen LogP) is 5.84. The summed E-state index contributed by atoms with van der Waals surface area (Å²) < 4.78 is 12.8. The summed E-state index contributed by atoms with van der Waals surface area (Å²) in [5.41, 5.74) is 3.54. The molecule has 3 nitrogen and oxygen atoms in total. The highest BCUT2D eigenvalue weighted by atomic mass is 79.9. The second kappa shape index (κ2) is 6.49. The van der Waals surface area contributed by atoms with Crippen LogP contribution in [0.3, 0.4) is 0 Å². The van der Waals surface area contributed by atoms with Crippen molar-refractivity contribution in [2.45, 2.75) is 6.61 Å². The van der Waals surface area contributed by atoms with Crippen LogP contribution in [0, 0.1) is 0 Å². The van der Waals surface area contributed by atoms with Crippen molar-refractivity contribution in [1.82, 2.24) is 4.98 Å². The minimum absolute atomic E-state index is 0.496. The van der Waals surface area contributed by atoms with Crippen LogP contribution in [-0.2, 0) is 6.61 Å². The average molecular weight is 380 g/mol. The number of halogens is 1. The summed E-state index contributed by atoms with van der Waals surface area (Å²) >= 11 is 3.51. The molecule has 0 aliphatic carbocycles. The van der Waals surface area contributed by atoms with E-state index >= 15 is 0 Å². The zero-order valence-corrected chi connectivity index (χ0v) is 14.4. The van der Waals surface area contributed by atoms with Crippen LogP contribution in [0.2, 0.25) is 0 Å². The van der Waals surface area contributed by atoms with Crippen molar-refractivity contribution in [2.24, 2.45) is 0 Å². The maximum atomic E-state index is 6.01. The van der Waals surface area contributed by atoms with Gasteiger partial charge in [-0.05, 0) is 35.9 Å². The zero-order valence-electron chi connectivity index (χ0n) is 12.8. The lowest BCUT2D eigenvalue weighted by Crippen LogP contribution is -1.97. The Morgan fingerprint density at radius 2 is 1.71 bits per heavy atom. The van der Waals surface area contributed by atoms with Crippen molar-refractivity contribution in [3.8, 4) is 17.2 Å². The monoisotopic (exact) mass is 379 g/mol. The number of para-hydroxylation sites is 2. The largest absolute Gasteiger partial charge is 0.488 e. The Balaban J connectivity index is 1.70. The van der Waals surface area contributed by atoms with Crippen LogP contribution >= 0.6 is 15.9 Å². The first-order valence-electron chi connectivity index (χ1n) is 7.62. The number of nitrogens with zero attached hydrogens (tertiary/aromatic N) is 1. The van der Waals surface area contributed by atoms with Crippen molar-refractivity contribution in [2.75, 3.05) is 0 Å². The molecule has 0 saturated carbocycles. The molecule has 0 unspecified atom stereocenters. The standard InChI is InChI=1S/C20H14BrNO2/c21-15-10-11-18(23-13-14-6-2-1-3-7-14)16(12-15)20-22-17-8-4-5-9-19(17)24-20/h1-12H,13H2. The van der Waals surface area contributed by atoms with Crippen molar-refractivity contribution >= 4 is 27.0 Å². The Morgan fingerprint density at radius 3 is 2.54 bits per heavy atom. The summed E-state index contributed by atoms with van der Waals surface area (Å²) in [6.07, 6.45) is 0. The maximum absolute atomic E-state index is 6.01. The molecular weight excluding hydrogens is 366 g/mol. The van der Waals surface area contributed by atoms with E-state index in [1.807, 2.05) is 72.8 Å². The molecule has 118 valence electrons. The molecule has 4 rings (SSSR count). The van der Waals surface area contributed by atoms with Crippen molar-refractivity contribution < 1.29 is 9.15 Å². The second-order valence-electron chi connectivity index (χ2n) is 5.40. The predicted molar refractivity (Wildman–Crippen MR) is 97.9 cm³/mol. The Morgan fingerprint density at radius 1 is 0.917 bits per heavy atom. The van der Waals surface area contributed by atoms with Crippen molar-refractivity contribution in [3.05, 3.63) is 82.8 Å². The quantitative estimate of drug-likeness (QED) is 0.446. The van der Waals surface area contributed by atoms with E-state index in [1.54, 1.807) is 0 Å². The molecule has 0 amide bonds. The SMILES string of the molecule is Brc1ccc(OCc2ccccc2)c(-c2nc3ccccc3o2)c1. The van der Waals surface area contributed by atoms with E-state index in [2.05, 4.69) is 20.9 Å². The number of ether oxygens (including phenoxy) is 1. The molecule has 24 heavy (non-hydrogen) atoms. The Hall–Kier alpha value is -2.59. The Bertz CT molecular complexity index is 946. The highest BCUT2D eigenvalue weighted by Gasteiger charge is 2.14. The molecule has 4 heteroatoms. The van der Waals surface area contributed by atoms with Gasteiger partial charge in [0.15, 0.2) is 5.58 Å². The fourth-order valence-corrected chi connectivity index (χ4v) is 2.88. The van der Waals surface area contributed by atoms with Crippen molar-refractivity contribution in [1.29, 1.82) is 0 Å². The van der Waals surface area contributed by atoms with Gasteiger partial charge in [-0.25, -0.2) is 4.98 Å². The van der Waals surface area contributed by atoms with E-state index in [0.29, 0.717) is 12.5 Å². The van der Waals surface area contributed by atoms with Crippen LogP contribution in [0.1, 0.15) is 5.56 Å². The normalized spacial score (nSPS) is 10.9. The van der Waals surface area contributed by atoms with Crippen LogP contribution in [-0.4, -0.2) is 4.98 Å². The lowest BCUT2D eigenvalue weighted by molar-refractivity contribution is 0.306. The van der Waals surface area contributed by atoms with Gasteiger partial charge in [0.05, 0.1) is 5.56 Å². The van der Waals surface area contributed by atoms with Crippen molar-refractivity contribution in [3.63, 3.8) is 0 Å². The third-order valence-corrected chi connectivity index (χ3v) is 4.20. The second-order valence-corrected chi connectivity index (χ2v) is 6.32. The highest BCUT2D eigenvalue weighted by molar-refractivity contribution is 9.10. The van der Waals surface area contributed by atoms with Gasteiger partial charge in [-0.2, -0.15) is 0 Å². The minimum atomic E-state index is 0.496. The number of hydrogen-bond donors (Lipinski definition) is 0. The number of oxazole rings is 1. The molecule has 0 atom stereocenters. The van der Waals surface area contributed by atoms with Gasteiger partial charge in [-0.3, -0.25) is 0 Å². The van der Waals surface area contributed by atoms with Crippen LogP contribution < -0.4 is 4.74 Å². The van der Waals surface area contributed by atoms with Gasteiger partial charge >= 0.3 is 0 Å². The average Bonchev–Trinajstić information content (AvgIpc) is 3.05. The molecule has 0 bridgehead atoms. The molecule has 0 N–H and O–H groups in total. The maximum Gasteiger partial charge on any atom is 0.231 e. The fourth-order valence-electron chi connectivity index (χ4n) is 2.52. The first-order valence-corrected chi connectivity index (χ1v) is 8.41. The summed E-state index contributed by atoms with van der Waals surface area (Å²) in [6, 6.07) is 23.6. The molecule has 0 spiro atoms. The van der Waals surface area contributed by atoms with Gasteiger partial charge < -0.3 is 9.15 Å². The summed E-state index contributed by atoms with van der Waals surface area (Å²) in [4.78, 5) is 4.57. The van der Waals surface area contributed by atoms with Gasteiger partial charge in [0.2, 0.25) is 5.89 Å². The van der Waals surface area contributed by atoms with Crippen LogP contribution in [0.15, 0.2) is 81.7 Å². The van der Waals surface area contributed by atoms with Gasteiger partial charge in [-0.15, -0.1) is 0 Å². The Kier molecular flexibility index (Phi) is 4.05. The molecule has 0 aliphatic rings. The van der Waals surface area contributed by atoms with Gasteiger partial charge in [-0.1, -0.05) is 58.4 Å². The molecule has 0 aliphatic heterocycles. The summed E-state index contributed by atoms with van der Waals surface area (Å²) in [7, 11) is 0. The smallest absolute Gasteiger partial charge is 0.231 e. The van der Waals surface area contributed by atoms with Gasteiger partial charge in [0.25, 0.3) is 0 Å².